The van der Waals surface area contributed by atoms with Gasteiger partial charge in [0, 0.05) is 5.75 Å². The van der Waals surface area contributed by atoms with Gasteiger partial charge in [0.2, 0.25) is 4.38 Å². The van der Waals surface area contributed by atoms with Gasteiger partial charge in [-0.1, -0.05) is 25.6 Å². The molecule has 1 fully saturated rings. The molecule has 0 radical (unpaired) electrons. The van der Waals surface area contributed by atoms with Crippen LogP contribution in [0.25, 0.3) is 0 Å². The van der Waals surface area contributed by atoms with E-state index in [9.17, 15) is 0 Å². The summed E-state index contributed by atoms with van der Waals surface area (Å²) in [4.78, 5) is 0. The van der Waals surface area contributed by atoms with Crippen molar-refractivity contribution < 1.29 is 9.84 Å². The summed E-state index contributed by atoms with van der Waals surface area (Å²) in [6, 6.07) is 0. The molecule has 4 heteroatoms. The van der Waals surface area contributed by atoms with Crippen molar-refractivity contribution in [2.24, 2.45) is 0 Å². The minimum absolute atomic E-state index is 0.0486. The Bertz CT molecular complexity index is 106. The van der Waals surface area contributed by atoms with E-state index in [1.165, 1.54) is 11.8 Å². The maximum absolute atomic E-state index is 8.49. The summed E-state index contributed by atoms with van der Waals surface area (Å²) in [6.07, 6.45) is -0.0486. The molecule has 0 aromatic rings. The molecule has 1 unspecified atom stereocenters. The minimum atomic E-state index is -0.0486. The molecule has 1 aliphatic heterocycles. The van der Waals surface area contributed by atoms with E-state index in [2.05, 4.69) is 0 Å². The highest BCUT2D eigenvalue weighted by Gasteiger charge is 2.19. The van der Waals surface area contributed by atoms with Gasteiger partial charge in [-0.3, -0.25) is 0 Å². The highest BCUT2D eigenvalue weighted by atomic mass is 32.2. The maximum atomic E-state index is 8.49. The lowest BCUT2D eigenvalue weighted by atomic mass is 10.4. The lowest BCUT2D eigenvalue weighted by molar-refractivity contribution is 0.137. The molecule has 0 aromatic heterocycles. The zero-order valence-electron chi connectivity index (χ0n) is 6.16. The molecule has 0 saturated carbocycles. The van der Waals surface area contributed by atoms with Crippen LogP contribution in [0.2, 0.25) is 0 Å². The van der Waals surface area contributed by atoms with Crippen LogP contribution in [0.15, 0.2) is 0 Å². The summed E-state index contributed by atoms with van der Waals surface area (Å²) in [5.74, 6) is 0.801. The average Bonchev–Trinajstić information content (AvgIpc) is 2.40. The SMILES string of the molecule is CC.OCC1CSC(=S)O1. The van der Waals surface area contributed by atoms with Crippen molar-refractivity contribution in [3.63, 3.8) is 0 Å². The predicted molar refractivity (Wildman–Crippen MR) is 48.4 cm³/mol. The van der Waals surface area contributed by atoms with Crippen LogP contribution in [-0.4, -0.2) is 28.0 Å². The van der Waals surface area contributed by atoms with E-state index in [4.69, 9.17) is 22.1 Å². The number of hydrogen-bond donors (Lipinski definition) is 1. The summed E-state index contributed by atoms with van der Waals surface area (Å²) in [6.45, 7) is 4.08. The van der Waals surface area contributed by atoms with Crippen molar-refractivity contribution in [3.8, 4) is 0 Å². The largest absolute Gasteiger partial charge is 0.472 e. The first kappa shape index (κ1) is 10.2. The zero-order chi connectivity index (χ0) is 7.98. The van der Waals surface area contributed by atoms with Crippen LogP contribution in [0.3, 0.4) is 0 Å². The first-order chi connectivity index (χ1) is 4.83. The van der Waals surface area contributed by atoms with Gasteiger partial charge in [-0.05, 0) is 12.2 Å². The van der Waals surface area contributed by atoms with Crippen molar-refractivity contribution in [2.45, 2.75) is 20.0 Å². The van der Waals surface area contributed by atoms with E-state index in [0.29, 0.717) is 4.38 Å². The second-order valence-corrected chi connectivity index (χ2v) is 3.11. The second-order valence-electron chi connectivity index (χ2n) is 1.48. The van der Waals surface area contributed by atoms with Gasteiger partial charge >= 0.3 is 0 Å². The summed E-state index contributed by atoms with van der Waals surface area (Å²) < 4.78 is 5.51. The quantitative estimate of drug-likeness (QED) is 0.618. The Morgan fingerprint density at radius 1 is 1.80 bits per heavy atom. The standard InChI is InChI=1S/C4H6O2S2.C2H6/c5-1-3-2-8-4(7)6-3;1-2/h3,5H,1-2H2;1-2H3. The molecule has 1 saturated heterocycles. The van der Waals surface area contributed by atoms with Crippen LogP contribution in [0.1, 0.15) is 13.8 Å². The molecule has 0 aliphatic carbocycles. The van der Waals surface area contributed by atoms with Crippen molar-refractivity contribution in [3.05, 3.63) is 0 Å². The molecule has 1 aliphatic rings. The fraction of sp³-hybridized carbons (Fsp3) is 0.833. The normalized spacial score (nSPS) is 23.1. The van der Waals surface area contributed by atoms with Crippen LogP contribution in [0, 0.1) is 0 Å². The Balaban J connectivity index is 0.000000371. The average molecular weight is 180 g/mol. The van der Waals surface area contributed by atoms with Gasteiger partial charge in [-0.25, -0.2) is 0 Å². The monoisotopic (exact) mass is 180 g/mol. The number of hydrogen-bond acceptors (Lipinski definition) is 4. The molecule has 0 aromatic carbocycles. The van der Waals surface area contributed by atoms with E-state index < -0.39 is 0 Å². The lowest BCUT2D eigenvalue weighted by Gasteiger charge is -2.01. The maximum Gasteiger partial charge on any atom is 0.220 e. The molecule has 2 nitrogen and oxygen atoms in total. The van der Waals surface area contributed by atoms with Crippen molar-refractivity contribution in [2.75, 3.05) is 12.4 Å². The molecular formula is C6H12O2S2. The summed E-state index contributed by atoms with van der Waals surface area (Å²) >= 11 is 6.17. The molecule has 1 N–H and O–H groups in total. The van der Waals surface area contributed by atoms with E-state index in [1.54, 1.807) is 0 Å². The fourth-order valence-corrected chi connectivity index (χ4v) is 1.49. The minimum Gasteiger partial charge on any atom is -0.472 e. The Labute approximate surface area is 71.0 Å². The van der Waals surface area contributed by atoms with E-state index >= 15 is 0 Å². The number of aliphatic hydroxyl groups excluding tert-OH is 1. The third kappa shape index (κ3) is 3.39. The highest BCUT2D eigenvalue weighted by Crippen LogP contribution is 2.18. The molecular weight excluding hydrogens is 168 g/mol. The van der Waals surface area contributed by atoms with Crippen LogP contribution in [0.5, 0.6) is 0 Å². The van der Waals surface area contributed by atoms with Crippen molar-refractivity contribution >= 4 is 28.4 Å². The van der Waals surface area contributed by atoms with Gasteiger partial charge in [-0.15, -0.1) is 0 Å². The molecule has 10 heavy (non-hydrogen) atoms. The van der Waals surface area contributed by atoms with Gasteiger partial charge in [0.15, 0.2) is 0 Å². The van der Waals surface area contributed by atoms with Gasteiger partial charge < -0.3 is 9.84 Å². The Morgan fingerprint density at radius 2 is 2.40 bits per heavy atom. The fourth-order valence-electron chi connectivity index (χ4n) is 0.455. The second kappa shape index (κ2) is 5.95. The molecule has 60 valence electrons. The van der Waals surface area contributed by atoms with Crippen molar-refractivity contribution in [1.82, 2.24) is 0 Å². The number of thiocarbonyl (C=S) groups is 1. The first-order valence-corrected chi connectivity index (χ1v) is 4.66. The smallest absolute Gasteiger partial charge is 0.220 e. The summed E-state index contributed by atoms with van der Waals surface area (Å²) in [5, 5.41) is 8.49. The Kier molecular flexibility index (Phi) is 6.06. The van der Waals surface area contributed by atoms with E-state index in [-0.39, 0.29) is 12.7 Å². The number of aliphatic hydroxyl groups is 1. The van der Waals surface area contributed by atoms with Crippen LogP contribution in [-0.2, 0) is 4.74 Å². The third-order valence-electron chi connectivity index (χ3n) is 0.854. The Hall–Kier alpha value is 0.200. The first-order valence-electron chi connectivity index (χ1n) is 3.27. The van der Waals surface area contributed by atoms with Crippen LogP contribution >= 0.6 is 24.0 Å². The lowest BCUT2D eigenvalue weighted by Crippen LogP contribution is -2.13. The number of thioether (sulfide) groups is 1. The Morgan fingerprint density at radius 3 is 2.60 bits per heavy atom. The molecule has 1 heterocycles. The molecule has 1 rings (SSSR count). The topological polar surface area (TPSA) is 29.5 Å². The predicted octanol–water partition coefficient (Wildman–Crippen LogP) is 1.42. The van der Waals surface area contributed by atoms with Crippen molar-refractivity contribution in [1.29, 1.82) is 0 Å². The molecule has 0 bridgehead atoms. The summed E-state index contributed by atoms with van der Waals surface area (Å²) in [7, 11) is 0. The zero-order valence-corrected chi connectivity index (χ0v) is 7.80. The number of rotatable bonds is 1. The third-order valence-corrected chi connectivity index (χ3v) is 2.17. The molecule has 0 spiro atoms. The van der Waals surface area contributed by atoms with Gasteiger partial charge in [0.25, 0.3) is 0 Å². The highest BCUT2D eigenvalue weighted by molar-refractivity contribution is 8.22. The molecule has 0 amide bonds. The summed E-state index contributed by atoms with van der Waals surface area (Å²) in [5.41, 5.74) is 0. The number of ether oxygens (including phenoxy) is 1. The van der Waals surface area contributed by atoms with Gasteiger partial charge in [-0.2, -0.15) is 0 Å². The molecule has 1 atom stereocenters. The van der Waals surface area contributed by atoms with E-state index in [0.717, 1.165) is 5.75 Å². The van der Waals surface area contributed by atoms with Gasteiger partial charge in [0.05, 0.1) is 6.61 Å². The van der Waals surface area contributed by atoms with E-state index in [1.807, 2.05) is 13.8 Å². The van der Waals surface area contributed by atoms with Crippen LogP contribution < -0.4 is 0 Å². The van der Waals surface area contributed by atoms with Crippen LogP contribution in [0.4, 0.5) is 0 Å². The van der Waals surface area contributed by atoms with Gasteiger partial charge in [0.1, 0.15) is 6.10 Å².